The summed E-state index contributed by atoms with van der Waals surface area (Å²) in [6, 6.07) is 1.55. The number of primary amides is 1. The van der Waals surface area contributed by atoms with Crippen LogP contribution in [0.1, 0.15) is 72.8 Å². The van der Waals surface area contributed by atoms with E-state index in [1.807, 2.05) is 0 Å². The van der Waals surface area contributed by atoms with Crippen molar-refractivity contribution in [2.75, 3.05) is 13.1 Å². The van der Waals surface area contributed by atoms with E-state index in [4.69, 9.17) is 15.2 Å². The lowest BCUT2D eigenvalue weighted by atomic mass is 9.86. The van der Waals surface area contributed by atoms with Crippen LogP contribution in [0.3, 0.4) is 0 Å². The number of hydrogen-bond donors (Lipinski definition) is 4. The maximum absolute atomic E-state index is 14.4. The molecule has 2 heterocycles. The Morgan fingerprint density at radius 3 is 2.23 bits per heavy atom. The minimum Gasteiger partial charge on any atom is -0.460 e. The molecule has 5 N–H and O–H groups in total. The number of likely N-dealkylation sites (tertiary alicyclic amines) is 2. The molecule has 2 aliphatic heterocycles. The summed E-state index contributed by atoms with van der Waals surface area (Å²) >= 11 is 0. The van der Waals surface area contributed by atoms with Crippen LogP contribution in [-0.2, 0) is 39.9 Å². The van der Waals surface area contributed by atoms with Gasteiger partial charge in [0, 0.05) is 26.4 Å². The number of aliphatic hydroxyl groups excluding tert-OH is 1. The summed E-state index contributed by atoms with van der Waals surface area (Å²) in [5, 5.41) is 15.4. The smallest absolute Gasteiger partial charge is 0.408 e. The highest BCUT2D eigenvalue weighted by Gasteiger charge is 2.53. The first-order valence-electron chi connectivity index (χ1n) is 15.7. The van der Waals surface area contributed by atoms with Gasteiger partial charge in [0.1, 0.15) is 41.2 Å². The summed E-state index contributed by atoms with van der Waals surface area (Å²) in [6.07, 6.45) is -2.19. The molecule has 3 rings (SSSR count). The summed E-state index contributed by atoms with van der Waals surface area (Å²) < 4.78 is 24.2. The lowest BCUT2D eigenvalue weighted by Gasteiger charge is -2.41. The second-order valence-electron chi connectivity index (χ2n) is 13.2. The van der Waals surface area contributed by atoms with Gasteiger partial charge in [-0.25, -0.2) is 9.18 Å². The van der Waals surface area contributed by atoms with Crippen molar-refractivity contribution in [1.29, 1.82) is 0 Å². The minimum absolute atomic E-state index is 0.0601. The second-order valence-corrected chi connectivity index (χ2v) is 13.2. The van der Waals surface area contributed by atoms with Crippen molar-refractivity contribution in [1.82, 2.24) is 20.4 Å². The Hall–Kier alpha value is -4.27. The lowest BCUT2D eigenvalue weighted by Crippen LogP contribution is -2.65. The number of carbonyl (C=O) groups is 6. The molecule has 0 aromatic heterocycles. The molecule has 6 atom stereocenters. The number of esters is 1. The molecule has 2 aliphatic rings. The topological polar surface area (TPSA) is 198 Å². The van der Waals surface area contributed by atoms with Gasteiger partial charge in [-0.1, -0.05) is 12.1 Å². The molecule has 5 amide bonds. The quantitative estimate of drug-likeness (QED) is 0.249. The van der Waals surface area contributed by atoms with Crippen molar-refractivity contribution in [3.63, 3.8) is 0 Å². The number of carbonyl (C=O) groups excluding carboxylic acids is 6. The highest BCUT2D eigenvalue weighted by Crippen LogP contribution is 2.36. The van der Waals surface area contributed by atoms with Crippen LogP contribution in [-0.4, -0.2) is 105 Å². The summed E-state index contributed by atoms with van der Waals surface area (Å²) in [5.41, 5.74) is 3.64. The molecule has 1 aromatic rings. The van der Waals surface area contributed by atoms with Gasteiger partial charge in [0.15, 0.2) is 0 Å². The molecule has 2 saturated heterocycles. The van der Waals surface area contributed by atoms with Crippen LogP contribution in [0.15, 0.2) is 24.3 Å². The first-order chi connectivity index (χ1) is 21.9. The van der Waals surface area contributed by atoms with Crippen LogP contribution < -0.4 is 16.4 Å². The highest BCUT2D eigenvalue weighted by molar-refractivity contribution is 5.98. The van der Waals surface area contributed by atoms with Gasteiger partial charge in [-0.05, 0) is 78.0 Å². The van der Waals surface area contributed by atoms with E-state index < -0.39 is 83.0 Å². The molecule has 0 unspecified atom stereocenters. The fraction of sp³-hybridized carbons (Fsp3) is 0.625. The zero-order valence-corrected chi connectivity index (χ0v) is 27.7. The molecule has 0 spiro atoms. The molecule has 0 aliphatic carbocycles. The van der Waals surface area contributed by atoms with Gasteiger partial charge in [0.25, 0.3) is 0 Å². The van der Waals surface area contributed by atoms with Crippen molar-refractivity contribution >= 4 is 35.7 Å². The van der Waals surface area contributed by atoms with Crippen LogP contribution in [0.4, 0.5) is 9.18 Å². The molecule has 0 bridgehead atoms. The van der Waals surface area contributed by atoms with Gasteiger partial charge in [-0.2, -0.15) is 0 Å². The number of hydrogen-bond acceptors (Lipinski definition) is 9. The van der Waals surface area contributed by atoms with E-state index in [2.05, 4.69) is 10.6 Å². The van der Waals surface area contributed by atoms with Crippen molar-refractivity contribution in [2.24, 2.45) is 5.73 Å². The Labute approximate surface area is 273 Å². The molecule has 0 radical (unpaired) electrons. The highest BCUT2D eigenvalue weighted by atomic mass is 19.1. The molecule has 15 heteroatoms. The van der Waals surface area contributed by atoms with E-state index in [0.717, 1.165) is 6.92 Å². The predicted molar refractivity (Wildman–Crippen MR) is 166 cm³/mol. The van der Waals surface area contributed by atoms with Gasteiger partial charge >= 0.3 is 12.1 Å². The lowest BCUT2D eigenvalue weighted by molar-refractivity contribution is -0.154. The van der Waals surface area contributed by atoms with Crippen LogP contribution in [0.25, 0.3) is 0 Å². The first kappa shape index (κ1) is 37.2. The number of nitrogens with zero attached hydrogens (tertiary/aromatic N) is 2. The van der Waals surface area contributed by atoms with Gasteiger partial charge < -0.3 is 40.7 Å². The van der Waals surface area contributed by atoms with E-state index >= 15 is 0 Å². The van der Waals surface area contributed by atoms with Crippen molar-refractivity contribution < 1.29 is 47.7 Å². The summed E-state index contributed by atoms with van der Waals surface area (Å²) in [7, 11) is 0. The Bertz CT molecular complexity index is 1350. The molecular formula is C32H46FN5O9. The Kier molecular flexibility index (Phi) is 11.9. The summed E-state index contributed by atoms with van der Waals surface area (Å²) in [4.78, 5) is 81.5. The summed E-state index contributed by atoms with van der Waals surface area (Å²) in [5.74, 6) is -4.13. The molecule has 0 saturated carbocycles. The number of benzene rings is 1. The SMILES string of the molecule is CC(=O)O[C@H](C)[C@H](NC(=O)[C@]1(Cc2ccc(F)cc2)CCCN1C(=O)[C@@H]1CCCN1C(=O)[C@@H](NC(=O)OC(C)(C)C)[C@@H](C)O)C(N)=O. The van der Waals surface area contributed by atoms with Gasteiger partial charge in [0.2, 0.25) is 23.6 Å². The van der Waals surface area contributed by atoms with Crippen molar-refractivity contribution in [3.8, 4) is 0 Å². The standard InChI is InChI=1S/C32H46FN5O9/c1-18(39)24(36-30(45)47-31(4,5)6)28(43)37-15-7-9-23(37)27(42)38-16-8-14-32(38,17-21-10-12-22(33)13-11-21)29(44)35-25(26(34)41)19(2)46-20(3)40/h10-13,18-19,23-25,39H,7-9,14-17H2,1-6H3,(H2,34,41)(H,35,44)(H,36,45)/t18-,19-,23+,24+,25+,32-/m1/s1. The maximum Gasteiger partial charge on any atom is 0.408 e. The zero-order valence-electron chi connectivity index (χ0n) is 27.7. The number of nitrogens with one attached hydrogen (secondary N) is 2. The third kappa shape index (κ3) is 9.18. The van der Waals surface area contributed by atoms with Gasteiger partial charge in [-0.3, -0.25) is 24.0 Å². The van der Waals surface area contributed by atoms with Crippen molar-refractivity contribution in [2.45, 2.75) is 115 Å². The normalized spacial score (nSPS) is 22.1. The predicted octanol–water partition coefficient (Wildman–Crippen LogP) is 0.916. The van der Waals surface area contributed by atoms with Crippen LogP contribution in [0, 0.1) is 5.82 Å². The van der Waals surface area contributed by atoms with E-state index in [-0.39, 0.29) is 32.4 Å². The Morgan fingerprint density at radius 2 is 1.68 bits per heavy atom. The van der Waals surface area contributed by atoms with Gasteiger partial charge in [0.05, 0.1) is 6.10 Å². The third-order valence-corrected chi connectivity index (χ3v) is 8.24. The third-order valence-electron chi connectivity index (χ3n) is 8.24. The largest absolute Gasteiger partial charge is 0.460 e. The number of amides is 5. The van der Waals surface area contributed by atoms with E-state index in [1.165, 1.54) is 47.9 Å². The number of rotatable bonds is 11. The second kappa shape index (κ2) is 15.1. The monoisotopic (exact) mass is 663 g/mol. The number of nitrogens with two attached hydrogens (primary N) is 1. The number of alkyl carbamates (subject to hydrolysis) is 1. The number of aliphatic hydroxyl groups is 1. The average molecular weight is 664 g/mol. The maximum atomic E-state index is 14.4. The number of ether oxygens (including phenoxy) is 2. The molecule has 47 heavy (non-hydrogen) atoms. The van der Waals surface area contributed by atoms with Gasteiger partial charge in [-0.15, -0.1) is 0 Å². The average Bonchev–Trinajstić information content (AvgIpc) is 3.62. The Balaban J connectivity index is 1.96. The molecule has 2 fully saturated rings. The van der Waals surface area contributed by atoms with Crippen LogP contribution in [0.2, 0.25) is 0 Å². The van der Waals surface area contributed by atoms with E-state index in [9.17, 15) is 38.3 Å². The first-order valence-corrected chi connectivity index (χ1v) is 15.7. The molecular weight excluding hydrogens is 617 g/mol. The molecule has 14 nitrogen and oxygen atoms in total. The fourth-order valence-electron chi connectivity index (χ4n) is 6.13. The van der Waals surface area contributed by atoms with E-state index in [1.54, 1.807) is 20.8 Å². The summed E-state index contributed by atoms with van der Waals surface area (Å²) in [6.45, 7) is 9.09. The zero-order chi connectivity index (χ0) is 35.3. The fourth-order valence-corrected chi connectivity index (χ4v) is 6.13. The van der Waals surface area contributed by atoms with Crippen LogP contribution >= 0.6 is 0 Å². The Morgan fingerprint density at radius 1 is 1.04 bits per heavy atom. The number of halogens is 1. The van der Waals surface area contributed by atoms with Crippen LogP contribution in [0.5, 0.6) is 0 Å². The molecule has 260 valence electrons. The molecule has 1 aromatic carbocycles. The van der Waals surface area contributed by atoms with E-state index in [0.29, 0.717) is 18.4 Å². The van der Waals surface area contributed by atoms with Crippen molar-refractivity contribution in [3.05, 3.63) is 35.6 Å². The minimum atomic E-state index is -1.59.